The molecule has 1 aromatic carbocycles. The SMILES string of the molecule is CCCN1CC[C@H]2[C@@H](C1)c1cccc3c1N2CCN3. The second-order valence-electron chi connectivity index (χ2n) is 6.13. The number of para-hydroxylation sites is 1. The lowest BCUT2D eigenvalue weighted by atomic mass is 9.89. The number of rotatable bonds is 2. The molecule has 19 heavy (non-hydrogen) atoms. The zero-order valence-electron chi connectivity index (χ0n) is 11.7. The first-order chi connectivity index (χ1) is 9.38. The lowest BCUT2D eigenvalue weighted by Crippen LogP contribution is -2.48. The number of hydrogen-bond acceptors (Lipinski definition) is 3. The Morgan fingerprint density at radius 1 is 1.32 bits per heavy atom. The summed E-state index contributed by atoms with van der Waals surface area (Å²) in [6.45, 7) is 8.36. The number of hydrogen-bond donors (Lipinski definition) is 1. The average Bonchev–Trinajstić information content (AvgIpc) is 2.77. The highest BCUT2D eigenvalue weighted by Gasteiger charge is 2.43. The maximum absolute atomic E-state index is 3.56. The lowest BCUT2D eigenvalue weighted by molar-refractivity contribution is 0.194. The first kappa shape index (κ1) is 11.6. The van der Waals surface area contributed by atoms with Crippen molar-refractivity contribution in [1.82, 2.24) is 4.90 Å². The minimum atomic E-state index is 0.732. The monoisotopic (exact) mass is 257 g/mol. The minimum absolute atomic E-state index is 0.732. The first-order valence-corrected chi connectivity index (χ1v) is 7.74. The van der Waals surface area contributed by atoms with Crippen LogP contribution in [-0.4, -0.2) is 43.7 Å². The van der Waals surface area contributed by atoms with Crippen molar-refractivity contribution in [2.24, 2.45) is 0 Å². The van der Waals surface area contributed by atoms with Crippen LogP contribution in [0.25, 0.3) is 0 Å². The normalized spacial score (nSPS) is 28.8. The van der Waals surface area contributed by atoms with Crippen LogP contribution in [0.2, 0.25) is 0 Å². The van der Waals surface area contributed by atoms with Crippen LogP contribution >= 0.6 is 0 Å². The zero-order chi connectivity index (χ0) is 12.8. The molecular formula is C16H23N3. The molecule has 102 valence electrons. The highest BCUT2D eigenvalue weighted by Crippen LogP contribution is 2.49. The maximum atomic E-state index is 3.56. The van der Waals surface area contributed by atoms with E-state index in [2.05, 4.69) is 40.2 Å². The van der Waals surface area contributed by atoms with E-state index < -0.39 is 0 Å². The van der Waals surface area contributed by atoms with Gasteiger partial charge in [-0.15, -0.1) is 0 Å². The van der Waals surface area contributed by atoms with E-state index in [0.717, 1.165) is 18.5 Å². The number of anilines is 2. The van der Waals surface area contributed by atoms with Gasteiger partial charge in [0.25, 0.3) is 0 Å². The molecule has 4 rings (SSSR count). The Balaban J connectivity index is 1.71. The Hall–Kier alpha value is -1.22. The third kappa shape index (κ3) is 1.68. The Bertz CT molecular complexity index is 485. The molecule has 0 aromatic heterocycles. The van der Waals surface area contributed by atoms with Crippen LogP contribution < -0.4 is 10.2 Å². The van der Waals surface area contributed by atoms with Gasteiger partial charge in [0, 0.05) is 38.1 Å². The Labute approximate surface area is 115 Å². The van der Waals surface area contributed by atoms with Gasteiger partial charge < -0.3 is 15.1 Å². The number of nitrogens with zero attached hydrogens (tertiary/aromatic N) is 2. The Morgan fingerprint density at radius 3 is 3.16 bits per heavy atom. The molecule has 3 heterocycles. The molecule has 0 saturated carbocycles. The topological polar surface area (TPSA) is 18.5 Å². The summed E-state index contributed by atoms with van der Waals surface area (Å²) in [6, 6.07) is 7.59. The quantitative estimate of drug-likeness (QED) is 0.878. The number of benzene rings is 1. The summed E-state index contributed by atoms with van der Waals surface area (Å²) in [5, 5.41) is 3.56. The molecule has 0 amide bonds. The van der Waals surface area contributed by atoms with Gasteiger partial charge in [-0.1, -0.05) is 19.1 Å². The van der Waals surface area contributed by atoms with E-state index in [1.807, 2.05) is 0 Å². The third-order valence-corrected chi connectivity index (χ3v) is 5.02. The summed E-state index contributed by atoms with van der Waals surface area (Å²) in [6.07, 6.45) is 2.61. The Kier molecular flexibility index (Phi) is 2.69. The molecule has 3 aliphatic rings. The van der Waals surface area contributed by atoms with Crippen LogP contribution in [0.1, 0.15) is 31.2 Å². The summed E-state index contributed by atoms with van der Waals surface area (Å²) in [4.78, 5) is 5.35. The van der Waals surface area contributed by atoms with Gasteiger partial charge in [0.15, 0.2) is 0 Å². The summed E-state index contributed by atoms with van der Waals surface area (Å²) in [5.41, 5.74) is 4.47. The van der Waals surface area contributed by atoms with Crippen LogP contribution in [-0.2, 0) is 0 Å². The van der Waals surface area contributed by atoms with Crippen LogP contribution in [0.15, 0.2) is 18.2 Å². The first-order valence-electron chi connectivity index (χ1n) is 7.74. The molecule has 0 bridgehead atoms. The fraction of sp³-hybridized carbons (Fsp3) is 0.625. The molecule has 2 atom stereocenters. The van der Waals surface area contributed by atoms with Gasteiger partial charge in [0.05, 0.1) is 11.4 Å². The smallest absolute Gasteiger partial charge is 0.0642 e. The molecule has 3 nitrogen and oxygen atoms in total. The predicted octanol–water partition coefficient (Wildman–Crippen LogP) is 2.50. The fourth-order valence-electron chi connectivity index (χ4n) is 4.28. The van der Waals surface area contributed by atoms with Crippen molar-refractivity contribution in [3.8, 4) is 0 Å². The molecule has 0 radical (unpaired) electrons. The van der Waals surface area contributed by atoms with E-state index in [9.17, 15) is 0 Å². The van der Waals surface area contributed by atoms with Crippen LogP contribution in [0, 0.1) is 0 Å². The van der Waals surface area contributed by atoms with Crippen molar-refractivity contribution in [2.75, 3.05) is 42.9 Å². The van der Waals surface area contributed by atoms with Crippen molar-refractivity contribution in [3.63, 3.8) is 0 Å². The highest BCUT2D eigenvalue weighted by atomic mass is 15.3. The summed E-state index contributed by atoms with van der Waals surface area (Å²) < 4.78 is 0. The van der Waals surface area contributed by atoms with Gasteiger partial charge >= 0.3 is 0 Å². The van der Waals surface area contributed by atoms with Crippen molar-refractivity contribution in [2.45, 2.75) is 31.7 Å². The van der Waals surface area contributed by atoms with Crippen LogP contribution in [0.3, 0.4) is 0 Å². The van der Waals surface area contributed by atoms with E-state index in [4.69, 9.17) is 0 Å². The van der Waals surface area contributed by atoms with E-state index >= 15 is 0 Å². The Morgan fingerprint density at radius 2 is 2.26 bits per heavy atom. The van der Waals surface area contributed by atoms with E-state index in [1.165, 1.54) is 50.4 Å². The van der Waals surface area contributed by atoms with Gasteiger partial charge in [-0.05, 0) is 31.0 Å². The molecule has 1 fully saturated rings. The van der Waals surface area contributed by atoms with Gasteiger partial charge in [-0.3, -0.25) is 0 Å². The number of fused-ring (bicyclic) bond motifs is 3. The highest BCUT2D eigenvalue weighted by molar-refractivity contribution is 5.80. The molecule has 1 aromatic rings. The standard InChI is InChI=1S/C16H23N3/c1-2-8-18-9-6-15-13(11-18)12-4-3-5-14-16(12)19(15)10-7-17-14/h3-5,13,15,17H,2,6-11H2,1H3/t13-,15-/m0/s1. The van der Waals surface area contributed by atoms with Gasteiger partial charge in [-0.25, -0.2) is 0 Å². The largest absolute Gasteiger partial charge is 0.382 e. The van der Waals surface area contributed by atoms with Crippen molar-refractivity contribution >= 4 is 11.4 Å². The van der Waals surface area contributed by atoms with E-state index in [1.54, 1.807) is 5.56 Å². The van der Waals surface area contributed by atoms with Crippen molar-refractivity contribution in [1.29, 1.82) is 0 Å². The fourth-order valence-corrected chi connectivity index (χ4v) is 4.28. The predicted molar refractivity (Wildman–Crippen MR) is 80.2 cm³/mol. The summed E-state index contributed by atoms with van der Waals surface area (Å²) >= 11 is 0. The maximum Gasteiger partial charge on any atom is 0.0642 e. The number of likely N-dealkylation sites (tertiary alicyclic amines) is 1. The number of piperidine rings is 1. The molecule has 3 aliphatic heterocycles. The van der Waals surface area contributed by atoms with Crippen LogP contribution in [0.5, 0.6) is 0 Å². The van der Waals surface area contributed by atoms with E-state index in [0.29, 0.717) is 0 Å². The summed E-state index contributed by atoms with van der Waals surface area (Å²) in [7, 11) is 0. The van der Waals surface area contributed by atoms with Crippen molar-refractivity contribution in [3.05, 3.63) is 23.8 Å². The van der Waals surface area contributed by atoms with E-state index in [-0.39, 0.29) is 0 Å². The molecule has 3 heteroatoms. The minimum Gasteiger partial charge on any atom is -0.382 e. The van der Waals surface area contributed by atoms with Gasteiger partial charge in [-0.2, -0.15) is 0 Å². The van der Waals surface area contributed by atoms with Crippen molar-refractivity contribution < 1.29 is 0 Å². The summed E-state index contributed by atoms with van der Waals surface area (Å²) in [5.74, 6) is 0.732. The molecule has 0 unspecified atom stereocenters. The van der Waals surface area contributed by atoms with Crippen LogP contribution in [0.4, 0.5) is 11.4 Å². The second kappa shape index (κ2) is 4.41. The van der Waals surface area contributed by atoms with Gasteiger partial charge in [0.2, 0.25) is 0 Å². The average molecular weight is 257 g/mol. The number of nitrogens with one attached hydrogen (secondary N) is 1. The second-order valence-corrected chi connectivity index (χ2v) is 6.13. The zero-order valence-corrected chi connectivity index (χ0v) is 11.7. The molecule has 0 spiro atoms. The molecule has 0 aliphatic carbocycles. The lowest BCUT2D eigenvalue weighted by Gasteiger charge is -2.40. The molecule has 1 saturated heterocycles. The molecule has 1 N–H and O–H groups in total. The molecular weight excluding hydrogens is 234 g/mol. The third-order valence-electron chi connectivity index (χ3n) is 5.02. The van der Waals surface area contributed by atoms with Gasteiger partial charge in [0.1, 0.15) is 0 Å².